The van der Waals surface area contributed by atoms with Gasteiger partial charge in [0.25, 0.3) is 11.5 Å². The molecule has 0 fully saturated rings. The van der Waals surface area contributed by atoms with Crippen LogP contribution in [0.1, 0.15) is 34.9 Å². The molecule has 2 aromatic heterocycles. The Morgan fingerprint density at radius 2 is 2.08 bits per heavy atom. The minimum absolute atomic E-state index is 0.155. The topological polar surface area (TPSA) is 94.8 Å². The molecule has 5 rings (SSSR count). The Morgan fingerprint density at radius 1 is 1.24 bits per heavy atom. The SMILES string of the molecule is COc1cc(/C=N/NC(=O)Cn2cnc3sc4c(c3c2=O)CCC(C)C4)ccc1OCCc1ccccc1. The highest BCUT2D eigenvalue weighted by Crippen LogP contribution is 2.35. The number of aryl methyl sites for hydroxylation is 1. The molecule has 0 aliphatic heterocycles. The Kier molecular flexibility index (Phi) is 7.83. The van der Waals surface area contributed by atoms with Crippen LogP contribution in [0.5, 0.6) is 11.5 Å². The van der Waals surface area contributed by atoms with Gasteiger partial charge in [-0.1, -0.05) is 37.3 Å². The summed E-state index contributed by atoms with van der Waals surface area (Å²) in [5.41, 5.74) is 5.36. The van der Waals surface area contributed by atoms with E-state index in [1.54, 1.807) is 24.5 Å². The number of carbonyl (C=O) groups is 1. The van der Waals surface area contributed by atoms with Gasteiger partial charge in [0.05, 0.1) is 31.6 Å². The zero-order valence-electron chi connectivity index (χ0n) is 21.5. The van der Waals surface area contributed by atoms with E-state index < -0.39 is 5.91 Å². The highest BCUT2D eigenvalue weighted by molar-refractivity contribution is 7.18. The van der Waals surface area contributed by atoms with Crippen LogP contribution in [-0.2, 0) is 30.6 Å². The fourth-order valence-electron chi connectivity index (χ4n) is 4.65. The summed E-state index contributed by atoms with van der Waals surface area (Å²) < 4.78 is 12.7. The molecule has 9 heteroatoms. The van der Waals surface area contributed by atoms with Gasteiger partial charge in [-0.25, -0.2) is 10.4 Å². The normalized spacial score (nSPS) is 14.9. The van der Waals surface area contributed by atoms with Crippen molar-refractivity contribution in [2.24, 2.45) is 11.0 Å². The number of methoxy groups -OCH3 is 1. The average molecular weight is 531 g/mol. The molecule has 0 saturated carbocycles. The van der Waals surface area contributed by atoms with E-state index in [9.17, 15) is 9.59 Å². The van der Waals surface area contributed by atoms with Crippen LogP contribution in [0, 0.1) is 5.92 Å². The van der Waals surface area contributed by atoms with Crippen molar-refractivity contribution in [1.82, 2.24) is 15.0 Å². The first kappa shape index (κ1) is 25.7. The number of aromatic nitrogens is 2. The van der Waals surface area contributed by atoms with Crippen molar-refractivity contribution in [1.29, 1.82) is 0 Å². The molecule has 0 radical (unpaired) electrons. The van der Waals surface area contributed by atoms with Crippen molar-refractivity contribution in [2.75, 3.05) is 13.7 Å². The fourth-order valence-corrected chi connectivity index (χ4v) is 6.00. The number of fused-ring (bicyclic) bond motifs is 3. The predicted octanol–water partition coefficient (Wildman–Crippen LogP) is 4.36. The number of hydrogen-bond acceptors (Lipinski definition) is 7. The Labute approximate surface area is 224 Å². The summed E-state index contributed by atoms with van der Waals surface area (Å²) in [7, 11) is 1.58. The van der Waals surface area contributed by atoms with Crippen LogP contribution in [0.25, 0.3) is 10.2 Å². The highest BCUT2D eigenvalue weighted by atomic mass is 32.1. The standard InChI is InChI=1S/C29H30N4O4S/c1-19-8-10-22-25(14-19)38-28-27(22)29(35)33(18-30-28)17-26(34)32-31-16-21-9-11-23(24(15-21)36-2)37-13-12-20-6-4-3-5-7-20/h3-7,9,11,15-16,18-19H,8,10,12-14,17H2,1-2H3,(H,32,34)/b31-16+. The number of carbonyl (C=O) groups excluding carboxylic acids is 1. The van der Waals surface area contributed by atoms with Crippen molar-refractivity contribution in [3.63, 3.8) is 0 Å². The first-order chi connectivity index (χ1) is 18.5. The number of benzene rings is 2. The van der Waals surface area contributed by atoms with Gasteiger partial charge in [0.1, 0.15) is 11.4 Å². The van der Waals surface area contributed by atoms with Crippen LogP contribution in [0.15, 0.2) is 64.8 Å². The third kappa shape index (κ3) is 5.78. The molecule has 196 valence electrons. The maximum absolute atomic E-state index is 13.1. The number of rotatable bonds is 9. The number of hydrazone groups is 1. The maximum Gasteiger partial charge on any atom is 0.262 e. The van der Waals surface area contributed by atoms with E-state index in [2.05, 4.69) is 34.6 Å². The van der Waals surface area contributed by atoms with Crippen molar-refractivity contribution >= 4 is 33.7 Å². The highest BCUT2D eigenvalue weighted by Gasteiger charge is 2.23. The quantitative estimate of drug-likeness (QED) is 0.256. The Morgan fingerprint density at radius 3 is 2.89 bits per heavy atom. The first-order valence-corrected chi connectivity index (χ1v) is 13.5. The summed E-state index contributed by atoms with van der Waals surface area (Å²) in [6.07, 6.45) is 6.69. The van der Waals surface area contributed by atoms with Crippen LogP contribution in [0.4, 0.5) is 0 Å². The molecule has 1 atom stereocenters. The summed E-state index contributed by atoms with van der Waals surface area (Å²) >= 11 is 1.60. The van der Waals surface area contributed by atoms with Crippen LogP contribution < -0.4 is 20.5 Å². The number of amides is 1. The number of thiophene rings is 1. The molecule has 8 nitrogen and oxygen atoms in total. The fraction of sp³-hybridized carbons (Fsp3) is 0.310. The van der Waals surface area contributed by atoms with Gasteiger partial charge in [-0.2, -0.15) is 5.10 Å². The van der Waals surface area contributed by atoms with E-state index in [-0.39, 0.29) is 12.1 Å². The molecule has 1 aliphatic carbocycles. The minimum atomic E-state index is -0.407. The summed E-state index contributed by atoms with van der Waals surface area (Å²) in [6.45, 7) is 2.60. The zero-order chi connectivity index (χ0) is 26.5. The average Bonchev–Trinajstić information content (AvgIpc) is 3.29. The van der Waals surface area contributed by atoms with Crippen molar-refractivity contribution in [3.05, 3.63) is 86.8 Å². The molecule has 1 aliphatic rings. The van der Waals surface area contributed by atoms with Crippen LogP contribution in [0.3, 0.4) is 0 Å². The van der Waals surface area contributed by atoms with Crippen molar-refractivity contribution in [3.8, 4) is 11.5 Å². The second-order valence-corrected chi connectivity index (χ2v) is 10.6. The summed E-state index contributed by atoms with van der Waals surface area (Å²) in [5.74, 6) is 1.42. The van der Waals surface area contributed by atoms with Crippen molar-refractivity contribution in [2.45, 2.75) is 39.2 Å². The van der Waals surface area contributed by atoms with E-state index in [4.69, 9.17) is 9.47 Å². The van der Waals surface area contributed by atoms with Gasteiger partial charge in [0.15, 0.2) is 11.5 Å². The van der Waals surface area contributed by atoms with Crippen molar-refractivity contribution < 1.29 is 14.3 Å². The predicted molar refractivity (Wildman–Crippen MR) is 149 cm³/mol. The van der Waals surface area contributed by atoms with E-state index in [1.165, 1.54) is 27.5 Å². The monoisotopic (exact) mass is 530 g/mol. The number of nitrogens with zero attached hydrogens (tertiary/aromatic N) is 3. The van der Waals surface area contributed by atoms with Gasteiger partial charge in [0.2, 0.25) is 0 Å². The molecule has 1 N–H and O–H groups in total. The van der Waals surface area contributed by atoms with Crippen LogP contribution in [0.2, 0.25) is 0 Å². The van der Waals surface area contributed by atoms with Gasteiger partial charge < -0.3 is 9.47 Å². The van der Waals surface area contributed by atoms with Gasteiger partial charge in [-0.15, -0.1) is 11.3 Å². The van der Waals surface area contributed by atoms with Gasteiger partial charge in [0, 0.05) is 11.3 Å². The summed E-state index contributed by atoms with van der Waals surface area (Å²) in [6, 6.07) is 15.6. The molecular weight excluding hydrogens is 500 g/mol. The van der Waals surface area contributed by atoms with E-state index in [0.29, 0.717) is 29.4 Å². The summed E-state index contributed by atoms with van der Waals surface area (Å²) in [4.78, 5) is 32.1. The lowest BCUT2D eigenvalue weighted by Crippen LogP contribution is -2.30. The van der Waals surface area contributed by atoms with Crippen LogP contribution >= 0.6 is 11.3 Å². The number of hydrogen-bond donors (Lipinski definition) is 1. The number of nitrogens with one attached hydrogen (secondary N) is 1. The lowest BCUT2D eigenvalue weighted by molar-refractivity contribution is -0.121. The molecule has 4 aromatic rings. The number of ether oxygens (including phenoxy) is 2. The van der Waals surface area contributed by atoms with Crippen LogP contribution in [-0.4, -0.2) is 35.4 Å². The third-order valence-electron chi connectivity index (χ3n) is 6.68. The smallest absolute Gasteiger partial charge is 0.262 e. The lowest BCUT2D eigenvalue weighted by Gasteiger charge is -2.17. The van der Waals surface area contributed by atoms with E-state index in [0.717, 1.165) is 41.6 Å². The molecule has 2 heterocycles. The second kappa shape index (κ2) is 11.6. The Bertz CT molecular complexity index is 1530. The summed E-state index contributed by atoms with van der Waals surface area (Å²) in [5, 5.41) is 4.71. The molecule has 1 unspecified atom stereocenters. The molecule has 2 aromatic carbocycles. The molecule has 0 bridgehead atoms. The Hall–Kier alpha value is -3.98. The molecule has 1 amide bonds. The lowest BCUT2D eigenvalue weighted by atomic mass is 9.89. The third-order valence-corrected chi connectivity index (χ3v) is 7.84. The van der Waals surface area contributed by atoms with E-state index in [1.807, 2.05) is 30.3 Å². The molecule has 38 heavy (non-hydrogen) atoms. The van der Waals surface area contributed by atoms with Gasteiger partial charge in [-0.3, -0.25) is 14.2 Å². The Balaban J connectivity index is 1.19. The molecule has 0 saturated heterocycles. The minimum Gasteiger partial charge on any atom is -0.493 e. The maximum atomic E-state index is 13.1. The van der Waals surface area contributed by atoms with Gasteiger partial charge >= 0.3 is 0 Å². The molecular formula is C29H30N4O4S. The first-order valence-electron chi connectivity index (χ1n) is 12.7. The zero-order valence-corrected chi connectivity index (χ0v) is 22.3. The largest absolute Gasteiger partial charge is 0.493 e. The second-order valence-electron chi connectivity index (χ2n) is 9.50. The van der Waals surface area contributed by atoms with Gasteiger partial charge in [-0.05, 0) is 60.1 Å². The molecule has 0 spiro atoms. The van der Waals surface area contributed by atoms with E-state index >= 15 is 0 Å².